The summed E-state index contributed by atoms with van der Waals surface area (Å²) in [6, 6.07) is 10.3. The molecule has 0 aliphatic carbocycles. The van der Waals surface area contributed by atoms with E-state index in [-0.39, 0.29) is 10.6 Å². The number of hydrogen-bond donors (Lipinski definition) is 2. The molecule has 1 aromatic heterocycles. The van der Waals surface area contributed by atoms with Crippen LogP contribution < -0.4 is 9.46 Å². The Labute approximate surface area is 149 Å². The van der Waals surface area contributed by atoms with Crippen LogP contribution in [0.2, 0.25) is 0 Å². The molecule has 0 bridgehead atoms. The van der Waals surface area contributed by atoms with Crippen molar-refractivity contribution >= 4 is 27.0 Å². The van der Waals surface area contributed by atoms with Gasteiger partial charge in [0.05, 0.1) is 7.11 Å². The predicted molar refractivity (Wildman–Crippen MR) is 93.0 cm³/mol. The summed E-state index contributed by atoms with van der Waals surface area (Å²) in [7, 11) is -2.78. The van der Waals surface area contributed by atoms with Crippen molar-refractivity contribution < 1.29 is 23.1 Å². The van der Waals surface area contributed by atoms with E-state index in [4.69, 9.17) is 9.84 Å². The number of carboxylic acid groups (broad SMARTS) is 1. The van der Waals surface area contributed by atoms with E-state index in [9.17, 15) is 13.2 Å². The highest BCUT2D eigenvalue weighted by Gasteiger charge is 2.25. The van der Waals surface area contributed by atoms with Crippen molar-refractivity contribution in [2.24, 2.45) is 0 Å². The summed E-state index contributed by atoms with van der Waals surface area (Å²) in [5.41, 5.74) is 2.24. The predicted octanol–water partition coefficient (Wildman–Crippen LogP) is 1.10. The lowest BCUT2D eigenvalue weighted by Gasteiger charge is -2.14. The molecule has 9 nitrogen and oxygen atoms in total. The Morgan fingerprint density at radius 1 is 1.23 bits per heavy atom. The minimum absolute atomic E-state index is 0.0220. The van der Waals surface area contributed by atoms with Crippen LogP contribution in [-0.4, -0.2) is 48.1 Å². The maximum absolute atomic E-state index is 12.5. The van der Waals surface area contributed by atoms with Crippen LogP contribution in [0.25, 0.3) is 16.7 Å². The van der Waals surface area contributed by atoms with Crippen LogP contribution in [0.15, 0.2) is 41.3 Å². The van der Waals surface area contributed by atoms with Crippen LogP contribution >= 0.6 is 0 Å². The Kier molecular flexibility index (Phi) is 4.62. The number of hydrogen-bond acceptors (Lipinski definition) is 6. The summed E-state index contributed by atoms with van der Waals surface area (Å²) in [5, 5.41) is 17.4. The molecule has 0 aliphatic heterocycles. The number of nitrogens with one attached hydrogen (secondary N) is 1. The molecule has 2 aromatic carbocycles. The van der Waals surface area contributed by atoms with Crippen molar-refractivity contribution in [3.63, 3.8) is 0 Å². The second kappa shape index (κ2) is 6.73. The van der Waals surface area contributed by atoms with Crippen LogP contribution in [0.4, 0.5) is 0 Å². The van der Waals surface area contributed by atoms with E-state index < -0.39 is 22.5 Å². The van der Waals surface area contributed by atoms with Gasteiger partial charge < -0.3 is 9.84 Å². The number of fused-ring (bicyclic) bond motifs is 1. The molecule has 2 N–H and O–H groups in total. The quantitative estimate of drug-likeness (QED) is 0.660. The number of aliphatic carboxylic acids is 1. The van der Waals surface area contributed by atoms with E-state index in [2.05, 4.69) is 10.2 Å². The average Bonchev–Trinajstić information content (AvgIpc) is 3.03. The molecule has 0 atom stereocenters. The van der Waals surface area contributed by atoms with Gasteiger partial charge in [-0.3, -0.25) is 4.79 Å². The lowest BCUT2D eigenvalue weighted by Crippen LogP contribution is -2.30. The first-order valence-corrected chi connectivity index (χ1v) is 9.02. The Morgan fingerprint density at radius 3 is 2.38 bits per heavy atom. The number of sulfonamides is 1. The first-order valence-electron chi connectivity index (χ1n) is 7.54. The van der Waals surface area contributed by atoms with Gasteiger partial charge >= 0.3 is 5.97 Å². The number of nitrogens with zero attached hydrogens (tertiary/aromatic N) is 3. The summed E-state index contributed by atoms with van der Waals surface area (Å²) in [4.78, 5) is 11.8. The van der Waals surface area contributed by atoms with Gasteiger partial charge in [0.2, 0.25) is 10.0 Å². The van der Waals surface area contributed by atoms with E-state index in [1.54, 1.807) is 25.1 Å². The smallest absolute Gasteiger partial charge is 0.318 e. The highest BCUT2D eigenvalue weighted by atomic mass is 32.2. The molecule has 136 valence electrons. The summed E-state index contributed by atoms with van der Waals surface area (Å²) >= 11 is 0. The third-order valence-corrected chi connectivity index (χ3v) is 5.00. The van der Waals surface area contributed by atoms with Gasteiger partial charge in [-0.25, -0.2) is 8.42 Å². The summed E-state index contributed by atoms with van der Waals surface area (Å²) < 4.78 is 32.4. The minimum Gasteiger partial charge on any atom is -0.493 e. The lowest BCUT2D eigenvalue weighted by atomic mass is 10.2. The SMILES string of the molecule is COc1c(-n2nc3ccccc3n2)cc(C)cc1S(=O)(=O)NCC(=O)O. The fourth-order valence-corrected chi connectivity index (χ4v) is 3.72. The van der Waals surface area contributed by atoms with E-state index in [1.165, 1.54) is 18.0 Å². The highest BCUT2D eigenvalue weighted by molar-refractivity contribution is 7.89. The first-order chi connectivity index (χ1) is 12.3. The van der Waals surface area contributed by atoms with Gasteiger partial charge in [-0.2, -0.15) is 4.72 Å². The number of aryl methyl sites for hydroxylation is 1. The van der Waals surface area contributed by atoms with Crippen molar-refractivity contribution in [3.8, 4) is 11.4 Å². The van der Waals surface area contributed by atoms with Crippen molar-refractivity contribution in [2.75, 3.05) is 13.7 Å². The van der Waals surface area contributed by atoms with Crippen LogP contribution in [-0.2, 0) is 14.8 Å². The molecule has 10 heteroatoms. The fraction of sp³-hybridized carbons (Fsp3) is 0.188. The molecule has 0 saturated heterocycles. The number of carbonyl (C=O) groups is 1. The topological polar surface area (TPSA) is 123 Å². The van der Waals surface area contributed by atoms with Crippen molar-refractivity contribution in [1.29, 1.82) is 0 Å². The molecule has 0 amide bonds. The van der Waals surface area contributed by atoms with Crippen molar-refractivity contribution in [1.82, 2.24) is 19.7 Å². The van der Waals surface area contributed by atoms with Crippen LogP contribution in [0.5, 0.6) is 5.75 Å². The molecule has 3 aromatic rings. The molecule has 0 fully saturated rings. The molecule has 3 rings (SSSR count). The molecule has 0 aliphatic rings. The summed E-state index contributed by atoms with van der Waals surface area (Å²) in [6.45, 7) is 0.973. The molecule has 0 radical (unpaired) electrons. The van der Waals surface area contributed by atoms with Crippen LogP contribution in [0.3, 0.4) is 0 Å². The Morgan fingerprint density at radius 2 is 1.85 bits per heavy atom. The number of ether oxygens (including phenoxy) is 1. The molecular weight excluding hydrogens is 360 g/mol. The number of aromatic nitrogens is 3. The average molecular weight is 376 g/mol. The van der Waals surface area contributed by atoms with Crippen LogP contribution in [0, 0.1) is 6.92 Å². The van der Waals surface area contributed by atoms with Gasteiger partial charge in [-0.1, -0.05) is 12.1 Å². The maximum Gasteiger partial charge on any atom is 0.318 e. The zero-order valence-electron chi connectivity index (χ0n) is 14.0. The van der Waals surface area contributed by atoms with Gasteiger partial charge in [0.15, 0.2) is 5.75 Å². The third kappa shape index (κ3) is 3.37. The summed E-state index contributed by atoms with van der Waals surface area (Å²) in [6.07, 6.45) is 0. The van der Waals surface area contributed by atoms with E-state index in [1.807, 2.05) is 16.9 Å². The zero-order chi connectivity index (χ0) is 18.9. The minimum atomic E-state index is -4.11. The van der Waals surface area contributed by atoms with E-state index >= 15 is 0 Å². The van der Waals surface area contributed by atoms with Crippen molar-refractivity contribution in [3.05, 3.63) is 42.0 Å². The number of methoxy groups -OCH3 is 1. The second-order valence-corrected chi connectivity index (χ2v) is 7.25. The number of rotatable bonds is 6. The van der Waals surface area contributed by atoms with E-state index in [0.29, 0.717) is 22.3 Å². The van der Waals surface area contributed by atoms with Gasteiger partial charge in [0.1, 0.15) is 28.2 Å². The van der Waals surface area contributed by atoms with Gasteiger partial charge in [-0.15, -0.1) is 15.0 Å². The normalized spacial score (nSPS) is 11.6. The Bertz CT molecular complexity index is 1060. The molecule has 0 spiro atoms. The number of benzene rings is 2. The van der Waals surface area contributed by atoms with Crippen LogP contribution in [0.1, 0.15) is 5.56 Å². The first kappa shape index (κ1) is 17.8. The number of carboxylic acids is 1. The molecule has 1 heterocycles. The maximum atomic E-state index is 12.5. The van der Waals surface area contributed by atoms with E-state index in [0.717, 1.165) is 0 Å². The standard InChI is InChI=1S/C16H16N4O5S/c1-10-7-13(20-18-11-5-3-4-6-12(11)19-20)16(25-2)14(8-10)26(23,24)17-9-15(21)22/h3-8,17H,9H2,1-2H3,(H,21,22). The second-order valence-electron chi connectivity index (χ2n) is 5.51. The lowest BCUT2D eigenvalue weighted by molar-refractivity contribution is -0.135. The monoisotopic (exact) mass is 376 g/mol. The fourth-order valence-electron chi connectivity index (χ4n) is 2.48. The Hall–Kier alpha value is -2.98. The Balaban J connectivity index is 2.18. The summed E-state index contributed by atoms with van der Waals surface area (Å²) in [5.74, 6) is -1.27. The zero-order valence-corrected chi connectivity index (χ0v) is 14.8. The largest absolute Gasteiger partial charge is 0.493 e. The van der Waals surface area contributed by atoms with Gasteiger partial charge in [-0.05, 0) is 36.8 Å². The third-order valence-electron chi connectivity index (χ3n) is 3.59. The molecular formula is C16H16N4O5S. The van der Waals surface area contributed by atoms with Gasteiger partial charge in [0.25, 0.3) is 0 Å². The molecule has 0 saturated carbocycles. The van der Waals surface area contributed by atoms with Gasteiger partial charge in [0, 0.05) is 0 Å². The molecule has 0 unspecified atom stereocenters. The van der Waals surface area contributed by atoms with Crippen molar-refractivity contribution in [2.45, 2.75) is 11.8 Å². The highest BCUT2D eigenvalue weighted by Crippen LogP contribution is 2.32. The molecule has 26 heavy (non-hydrogen) atoms.